The maximum atomic E-state index is 11.8. The molecule has 0 amide bonds. The topological polar surface area (TPSA) is 52.6 Å². The first-order valence-corrected chi connectivity index (χ1v) is 8.53. The molecule has 0 saturated heterocycles. The number of carbonyl (C=O) groups excluding carboxylic acids is 2. The fraction of sp³-hybridized carbons (Fsp3) is 0.400. The molecule has 1 fully saturated rings. The molecule has 0 aliphatic heterocycles. The van der Waals surface area contributed by atoms with Gasteiger partial charge in [0.1, 0.15) is 12.7 Å². The molecule has 126 valence electrons. The molecule has 1 aliphatic carbocycles. The molecule has 4 heteroatoms. The number of esters is 2. The Morgan fingerprint density at radius 3 is 2.42 bits per heavy atom. The third kappa shape index (κ3) is 4.57. The van der Waals surface area contributed by atoms with E-state index in [2.05, 4.69) is 0 Å². The lowest BCUT2D eigenvalue weighted by Crippen LogP contribution is -2.16. The average Bonchev–Trinajstić information content (AvgIpc) is 3.11. The molecule has 0 radical (unpaired) electrons. The maximum Gasteiger partial charge on any atom is 0.306 e. The maximum absolute atomic E-state index is 11.8. The SMILES string of the molecule is O=C(CCC(=O)OC1CCCC1)OCc1ccc2ccccc2c1. The van der Waals surface area contributed by atoms with Crippen LogP contribution in [0, 0.1) is 0 Å². The van der Waals surface area contributed by atoms with E-state index in [-0.39, 0.29) is 37.5 Å². The van der Waals surface area contributed by atoms with Crippen LogP contribution in [0.3, 0.4) is 0 Å². The van der Waals surface area contributed by atoms with Gasteiger partial charge in [-0.25, -0.2) is 0 Å². The number of hydrogen-bond acceptors (Lipinski definition) is 4. The van der Waals surface area contributed by atoms with Crippen molar-refractivity contribution in [2.75, 3.05) is 0 Å². The fourth-order valence-electron chi connectivity index (χ4n) is 3.02. The van der Waals surface area contributed by atoms with E-state index >= 15 is 0 Å². The zero-order valence-electron chi connectivity index (χ0n) is 13.7. The quantitative estimate of drug-likeness (QED) is 0.748. The van der Waals surface area contributed by atoms with Gasteiger partial charge in [0.25, 0.3) is 0 Å². The summed E-state index contributed by atoms with van der Waals surface area (Å²) >= 11 is 0. The van der Waals surface area contributed by atoms with E-state index < -0.39 is 0 Å². The third-order valence-electron chi connectivity index (χ3n) is 4.35. The number of carbonyl (C=O) groups is 2. The molecular formula is C20H22O4. The van der Waals surface area contributed by atoms with Crippen LogP contribution in [0.15, 0.2) is 42.5 Å². The van der Waals surface area contributed by atoms with Gasteiger partial charge in [0, 0.05) is 0 Å². The summed E-state index contributed by atoms with van der Waals surface area (Å²) in [6.07, 6.45) is 4.33. The van der Waals surface area contributed by atoms with Crippen molar-refractivity contribution >= 4 is 22.7 Å². The van der Waals surface area contributed by atoms with Crippen molar-refractivity contribution in [1.29, 1.82) is 0 Å². The van der Waals surface area contributed by atoms with Crippen LogP contribution in [0.1, 0.15) is 44.1 Å². The molecule has 0 N–H and O–H groups in total. The minimum Gasteiger partial charge on any atom is -0.462 e. The van der Waals surface area contributed by atoms with Gasteiger partial charge in [0.2, 0.25) is 0 Å². The summed E-state index contributed by atoms with van der Waals surface area (Å²) in [6.45, 7) is 0.224. The summed E-state index contributed by atoms with van der Waals surface area (Å²) in [5, 5.41) is 2.27. The van der Waals surface area contributed by atoms with E-state index in [4.69, 9.17) is 9.47 Å². The summed E-state index contributed by atoms with van der Waals surface area (Å²) in [7, 11) is 0. The lowest BCUT2D eigenvalue weighted by atomic mass is 10.1. The van der Waals surface area contributed by atoms with Crippen molar-refractivity contribution in [3.8, 4) is 0 Å². The van der Waals surface area contributed by atoms with Gasteiger partial charge in [-0.3, -0.25) is 9.59 Å². The third-order valence-corrected chi connectivity index (χ3v) is 4.35. The zero-order valence-corrected chi connectivity index (χ0v) is 13.7. The van der Waals surface area contributed by atoms with E-state index in [1.54, 1.807) is 0 Å². The van der Waals surface area contributed by atoms with Crippen LogP contribution in [-0.2, 0) is 25.7 Å². The van der Waals surface area contributed by atoms with Crippen LogP contribution >= 0.6 is 0 Å². The van der Waals surface area contributed by atoms with Crippen LogP contribution < -0.4 is 0 Å². The fourth-order valence-corrected chi connectivity index (χ4v) is 3.02. The Morgan fingerprint density at radius 2 is 1.62 bits per heavy atom. The van der Waals surface area contributed by atoms with E-state index in [1.807, 2.05) is 42.5 Å². The number of benzene rings is 2. The van der Waals surface area contributed by atoms with E-state index in [9.17, 15) is 9.59 Å². The summed E-state index contributed by atoms with van der Waals surface area (Å²) < 4.78 is 10.6. The predicted molar refractivity (Wildman–Crippen MR) is 91.3 cm³/mol. The van der Waals surface area contributed by atoms with E-state index in [1.165, 1.54) is 0 Å². The second-order valence-electron chi connectivity index (χ2n) is 6.24. The van der Waals surface area contributed by atoms with Crippen LogP contribution in [0.4, 0.5) is 0 Å². The van der Waals surface area contributed by atoms with Gasteiger partial charge in [-0.15, -0.1) is 0 Å². The molecule has 0 atom stereocenters. The summed E-state index contributed by atoms with van der Waals surface area (Å²) in [6, 6.07) is 14.0. The zero-order chi connectivity index (χ0) is 16.8. The van der Waals surface area contributed by atoms with Crippen LogP contribution in [0.2, 0.25) is 0 Å². The van der Waals surface area contributed by atoms with Gasteiger partial charge < -0.3 is 9.47 Å². The Labute approximate surface area is 141 Å². The normalized spacial score (nSPS) is 14.7. The molecule has 0 unspecified atom stereocenters. The number of ether oxygens (including phenoxy) is 2. The first kappa shape index (κ1) is 16.5. The van der Waals surface area contributed by atoms with E-state index in [0.29, 0.717) is 0 Å². The highest BCUT2D eigenvalue weighted by Gasteiger charge is 2.19. The molecular weight excluding hydrogens is 304 g/mol. The molecule has 0 heterocycles. The lowest BCUT2D eigenvalue weighted by Gasteiger charge is -2.11. The van der Waals surface area contributed by atoms with Crippen molar-refractivity contribution in [2.45, 2.75) is 51.2 Å². The molecule has 2 aromatic rings. The van der Waals surface area contributed by atoms with Crippen molar-refractivity contribution in [1.82, 2.24) is 0 Å². The molecule has 24 heavy (non-hydrogen) atoms. The van der Waals surface area contributed by atoms with Gasteiger partial charge in [-0.05, 0) is 48.1 Å². The summed E-state index contributed by atoms with van der Waals surface area (Å²) in [5.74, 6) is -0.670. The Bertz CT molecular complexity index is 716. The van der Waals surface area contributed by atoms with Crippen molar-refractivity contribution < 1.29 is 19.1 Å². The highest BCUT2D eigenvalue weighted by Crippen LogP contribution is 2.21. The Morgan fingerprint density at radius 1 is 0.917 bits per heavy atom. The molecule has 1 aliphatic rings. The standard InChI is InChI=1S/C20H22O4/c21-19(11-12-20(22)24-18-7-3-4-8-18)23-14-15-9-10-16-5-1-2-6-17(16)13-15/h1-2,5-6,9-10,13,18H,3-4,7-8,11-12,14H2. The summed E-state index contributed by atoms with van der Waals surface area (Å²) in [5.41, 5.74) is 0.940. The van der Waals surface area contributed by atoms with Gasteiger partial charge in [-0.2, -0.15) is 0 Å². The average molecular weight is 326 g/mol. The molecule has 3 rings (SSSR count). The minimum absolute atomic E-state index is 0.0473. The van der Waals surface area contributed by atoms with Crippen molar-refractivity contribution in [3.63, 3.8) is 0 Å². The number of fused-ring (bicyclic) bond motifs is 1. The first-order valence-electron chi connectivity index (χ1n) is 8.53. The highest BCUT2D eigenvalue weighted by atomic mass is 16.5. The highest BCUT2D eigenvalue weighted by molar-refractivity contribution is 5.83. The van der Waals surface area contributed by atoms with Crippen LogP contribution in [-0.4, -0.2) is 18.0 Å². The van der Waals surface area contributed by atoms with Crippen LogP contribution in [0.5, 0.6) is 0 Å². The second kappa shape index (κ2) is 7.95. The lowest BCUT2D eigenvalue weighted by molar-refractivity contribution is -0.154. The predicted octanol–water partition coefficient (Wildman–Crippen LogP) is 4.15. The monoisotopic (exact) mass is 326 g/mol. The van der Waals surface area contributed by atoms with Crippen molar-refractivity contribution in [3.05, 3.63) is 48.0 Å². The van der Waals surface area contributed by atoms with Gasteiger partial charge in [0.05, 0.1) is 12.8 Å². The first-order chi connectivity index (χ1) is 11.7. The largest absolute Gasteiger partial charge is 0.462 e. The molecule has 0 spiro atoms. The smallest absolute Gasteiger partial charge is 0.306 e. The Kier molecular flexibility index (Phi) is 5.47. The second-order valence-corrected chi connectivity index (χ2v) is 6.24. The minimum atomic E-state index is -0.369. The molecule has 1 saturated carbocycles. The number of hydrogen-bond donors (Lipinski definition) is 0. The van der Waals surface area contributed by atoms with Gasteiger partial charge >= 0.3 is 11.9 Å². The molecule has 0 bridgehead atoms. The van der Waals surface area contributed by atoms with Crippen molar-refractivity contribution in [2.24, 2.45) is 0 Å². The summed E-state index contributed by atoms with van der Waals surface area (Å²) in [4.78, 5) is 23.5. The molecule has 4 nitrogen and oxygen atoms in total. The van der Waals surface area contributed by atoms with Crippen LogP contribution in [0.25, 0.3) is 10.8 Å². The number of rotatable bonds is 6. The van der Waals surface area contributed by atoms with Gasteiger partial charge in [0.15, 0.2) is 0 Å². The Balaban J connectivity index is 1.42. The van der Waals surface area contributed by atoms with E-state index in [0.717, 1.165) is 42.0 Å². The molecule has 2 aromatic carbocycles. The van der Waals surface area contributed by atoms with Gasteiger partial charge in [-0.1, -0.05) is 36.4 Å². The molecule has 0 aromatic heterocycles. The Hall–Kier alpha value is -2.36.